The van der Waals surface area contributed by atoms with Gasteiger partial charge >= 0.3 is 6.18 Å². The molecule has 0 aliphatic heterocycles. The van der Waals surface area contributed by atoms with Crippen LogP contribution in [0.25, 0.3) is 16.2 Å². The molecule has 0 unspecified atom stereocenters. The Hall–Kier alpha value is -2.09. The number of ether oxygens (including phenoxy) is 1. The molecule has 3 rings (SSSR count). The fourth-order valence-corrected chi connectivity index (χ4v) is 2.55. The van der Waals surface area contributed by atoms with E-state index in [1.807, 2.05) is 0 Å². The summed E-state index contributed by atoms with van der Waals surface area (Å²) in [5, 5.41) is 4.44. The topological polar surface area (TPSA) is 39.4 Å². The maximum atomic E-state index is 13.0. The molecule has 0 fully saturated rings. The first-order valence-electron chi connectivity index (χ1n) is 5.56. The summed E-state index contributed by atoms with van der Waals surface area (Å²) in [5.41, 5.74) is -0.436. The van der Waals surface area contributed by atoms with Gasteiger partial charge in [-0.25, -0.2) is 9.50 Å². The van der Waals surface area contributed by atoms with Crippen LogP contribution in [0, 0.1) is 0 Å². The minimum Gasteiger partial charge on any atom is -0.472 e. The van der Waals surface area contributed by atoms with Gasteiger partial charge in [0.2, 0.25) is 4.96 Å². The van der Waals surface area contributed by atoms with Crippen LogP contribution >= 0.6 is 11.3 Å². The van der Waals surface area contributed by atoms with Gasteiger partial charge in [-0.2, -0.15) is 13.2 Å². The molecule has 0 aliphatic rings. The highest BCUT2D eigenvalue weighted by Crippen LogP contribution is 2.37. The van der Waals surface area contributed by atoms with E-state index in [4.69, 9.17) is 4.74 Å². The largest absolute Gasteiger partial charge is 0.472 e. The average molecular weight is 299 g/mol. The van der Waals surface area contributed by atoms with E-state index in [0.29, 0.717) is 10.2 Å². The van der Waals surface area contributed by atoms with Crippen molar-refractivity contribution in [2.24, 2.45) is 0 Å². The van der Waals surface area contributed by atoms with Gasteiger partial charge in [-0.05, 0) is 17.4 Å². The third kappa shape index (κ3) is 2.11. The van der Waals surface area contributed by atoms with E-state index in [9.17, 15) is 13.2 Å². The van der Waals surface area contributed by atoms with Gasteiger partial charge in [0.15, 0.2) is 0 Å². The molecule has 2 aromatic heterocycles. The average Bonchev–Trinajstić information content (AvgIpc) is 2.95. The second-order valence-corrected chi connectivity index (χ2v) is 4.89. The molecule has 0 saturated heterocycles. The minimum atomic E-state index is -4.42. The monoisotopic (exact) mass is 299 g/mol. The standard InChI is InChI=1S/C12H8F3N3OS/c1-19-11-17-18-6-9(16-10(18)20-11)7-4-2-3-5-8(7)12(13,14)15/h2-6H,1H3. The number of methoxy groups -OCH3 is 1. The van der Waals surface area contributed by atoms with Crippen LogP contribution in [0.4, 0.5) is 13.2 Å². The first-order valence-corrected chi connectivity index (χ1v) is 6.37. The first-order chi connectivity index (χ1) is 9.49. The predicted molar refractivity (Wildman–Crippen MR) is 67.9 cm³/mol. The van der Waals surface area contributed by atoms with Crippen LogP contribution in [-0.2, 0) is 6.18 Å². The number of imidazole rings is 1. The fourth-order valence-electron chi connectivity index (χ4n) is 1.85. The van der Waals surface area contributed by atoms with Gasteiger partial charge in [0.05, 0.1) is 24.6 Å². The van der Waals surface area contributed by atoms with E-state index < -0.39 is 11.7 Å². The molecule has 2 heterocycles. The Balaban J connectivity index is 2.13. The molecule has 3 aromatic rings. The van der Waals surface area contributed by atoms with Crippen molar-refractivity contribution in [2.75, 3.05) is 7.11 Å². The van der Waals surface area contributed by atoms with Crippen molar-refractivity contribution in [3.8, 4) is 16.5 Å². The van der Waals surface area contributed by atoms with Crippen molar-refractivity contribution < 1.29 is 17.9 Å². The number of aromatic nitrogens is 3. The SMILES string of the molecule is COc1nn2cc(-c3ccccc3C(F)(F)F)nc2s1. The van der Waals surface area contributed by atoms with Crippen molar-refractivity contribution in [3.63, 3.8) is 0 Å². The molecule has 0 atom stereocenters. The molecule has 0 amide bonds. The molecule has 1 aromatic carbocycles. The number of fused-ring (bicyclic) bond motifs is 1. The molecule has 0 spiro atoms. The highest BCUT2D eigenvalue weighted by Gasteiger charge is 2.34. The normalized spacial score (nSPS) is 12.0. The molecule has 0 radical (unpaired) electrons. The maximum Gasteiger partial charge on any atom is 0.417 e. The molecule has 20 heavy (non-hydrogen) atoms. The Morgan fingerprint density at radius 1 is 1.25 bits per heavy atom. The van der Waals surface area contributed by atoms with Crippen molar-refractivity contribution >= 4 is 16.3 Å². The Kier molecular flexibility index (Phi) is 2.89. The minimum absolute atomic E-state index is 0.0386. The molecule has 0 bridgehead atoms. The summed E-state index contributed by atoms with van der Waals surface area (Å²) < 4.78 is 45.3. The summed E-state index contributed by atoms with van der Waals surface area (Å²) in [6, 6.07) is 5.33. The highest BCUT2D eigenvalue weighted by atomic mass is 32.1. The number of benzene rings is 1. The van der Waals surface area contributed by atoms with Crippen molar-refractivity contribution in [2.45, 2.75) is 6.18 Å². The number of hydrogen-bond donors (Lipinski definition) is 0. The van der Waals surface area contributed by atoms with E-state index in [1.54, 1.807) is 6.07 Å². The Morgan fingerprint density at radius 3 is 2.65 bits per heavy atom. The lowest BCUT2D eigenvalue weighted by Gasteiger charge is -2.10. The zero-order valence-corrected chi connectivity index (χ0v) is 11.0. The van der Waals surface area contributed by atoms with Crippen LogP contribution < -0.4 is 4.74 Å². The number of nitrogens with zero attached hydrogens (tertiary/aromatic N) is 3. The van der Waals surface area contributed by atoms with Gasteiger partial charge in [-0.15, -0.1) is 5.10 Å². The zero-order valence-electron chi connectivity index (χ0n) is 10.2. The fraction of sp³-hybridized carbons (Fsp3) is 0.167. The second-order valence-electron chi connectivity index (χ2n) is 3.97. The number of halogens is 3. The van der Waals surface area contributed by atoms with Crippen LogP contribution in [0.3, 0.4) is 0 Å². The van der Waals surface area contributed by atoms with Crippen molar-refractivity contribution in [3.05, 3.63) is 36.0 Å². The summed E-state index contributed by atoms with van der Waals surface area (Å²) in [6.07, 6.45) is -2.96. The lowest BCUT2D eigenvalue weighted by Crippen LogP contribution is -2.06. The quantitative estimate of drug-likeness (QED) is 0.727. The number of alkyl halides is 3. The molecule has 4 nitrogen and oxygen atoms in total. The Morgan fingerprint density at radius 2 is 2.00 bits per heavy atom. The van der Waals surface area contributed by atoms with Crippen LogP contribution in [0.2, 0.25) is 0 Å². The molecule has 8 heteroatoms. The van der Waals surface area contributed by atoms with Crippen LogP contribution in [-0.4, -0.2) is 21.7 Å². The summed E-state index contributed by atoms with van der Waals surface area (Å²) in [7, 11) is 1.47. The molecule has 0 saturated carbocycles. The van der Waals surface area contributed by atoms with Crippen LogP contribution in [0.15, 0.2) is 30.5 Å². The van der Waals surface area contributed by atoms with Crippen molar-refractivity contribution in [1.29, 1.82) is 0 Å². The first kappa shape index (κ1) is 12.9. The van der Waals surface area contributed by atoms with Gasteiger partial charge in [0, 0.05) is 5.56 Å². The van der Waals surface area contributed by atoms with Gasteiger partial charge in [-0.1, -0.05) is 18.2 Å². The van der Waals surface area contributed by atoms with E-state index in [1.165, 1.54) is 30.0 Å². The molecular formula is C12H8F3N3OS. The second kappa shape index (κ2) is 4.48. The van der Waals surface area contributed by atoms with Crippen LogP contribution in [0.5, 0.6) is 5.19 Å². The van der Waals surface area contributed by atoms with E-state index in [2.05, 4.69) is 10.1 Å². The molecule has 104 valence electrons. The maximum absolute atomic E-state index is 13.0. The molecule has 0 aliphatic carbocycles. The summed E-state index contributed by atoms with van der Waals surface area (Å²) in [5.74, 6) is 0. The van der Waals surface area contributed by atoms with Gasteiger partial charge in [0.25, 0.3) is 5.19 Å². The smallest absolute Gasteiger partial charge is 0.417 e. The third-order valence-electron chi connectivity index (χ3n) is 2.71. The third-order valence-corrected chi connectivity index (χ3v) is 3.59. The van der Waals surface area contributed by atoms with E-state index in [0.717, 1.165) is 17.4 Å². The predicted octanol–water partition coefficient (Wildman–Crippen LogP) is 3.49. The van der Waals surface area contributed by atoms with Crippen LogP contribution in [0.1, 0.15) is 5.56 Å². The lowest BCUT2D eigenvalue weighted by atomic mass is 10.1. The molecule has 0 N–H and O–H groups in total. The number of rotatable bonds is 2. The summed E-state index contributed by atoms with van der Waals surface area (Å²) >= 11 is 1.16. The van der Waals surface area contributed by atoms with Gasteiger partial charge in [-0.3, -0.25) is 0 Å². The molecular weight excluding hydrogens is 291 g/mol. The lowest BCUT2D eigenvalue weighted by molar-refractivity contribution is -0.137. The van der Waals surface area contributed by atoms with Gasteiger partial charge in [0.1, 0.15) is 0 Å². The van der Waals surface area contributed by atoms with E-state index >= 15 is 0 Å². The van der Waals surface area contributed by atoms with E-state index in [-0.39, 0.29) is 11.3 Å². The number of hydrogen-bond acceptors (Lipinski definition) is 4. The Labute approximate surface area is 115 Å². The Bertz CT molecular complexity index is 731. The van der Waals surface area contributed by atoms with Gasteiger partial charge < -0.3 is 4.74 Å². The highest BCUT2D eigenvalue weighted by molar-refractivity contribution is 7.18. The summed E-state index contributed by atoms with van der Waals surface area (Å²) in [4.78, 5) is 4.65. The summed E-state index contributed by atoms with van der Waals surface area (Å²) in [6.45, 7) is 0. The zero-order chi connectivity index (χ0) is 14.3. The van der Waals surface area contributed by atoms with Crippen molar-refractivity contribution in [1.82, 2.24) is 14.6 Å².